The summed E-state index contributed by atoms with van der Waals surface area (Å²) in [6.07, 6.45) is 1.73. The van der Waals surface area contributed by atoms with Gasteiger partial charge < -0.3 is 31.2 Å². The molecule has 24 heavy (non-hydrogen) atoms. The second-order valence-electron chi connectivity index (χ2n) is 4.83. The van der Waals surface area contributed by atoms with E-state index in [2.05, 4.69) is 9.47 Å². The van der Waals surface area contributed by atoms with Crippen molar-refractivity contribution in [1.29, 1.82) is 0 Å². The lowest BCUT2D eigenvalue weighted by atomic mass is 10.1. The summed E-state index contributed by atoms with van der Waals surface area (Å²) in [4.78, 5) is 41.5. The van der Waals surface area contributed by atoms with Gasteiger partial charge in [0, 0.05) is 12.8 Å². The van der Waals surface area contributed by atoms with E-state index < -0.39 is 30.0 Å². The van der Waals surface area contributed by atoms with Crippen LogP contribution in [0, 0.1) is 0 Å². The fraction of sp³-hybridized carbons (Fsp3) is 0.714. The van der Waals surface area contributed by atoms with Crippen LogP contribution in [-0.4, -0.2) is 60.4 Å². The first-order chi connectivity index (χ1) is 11.1. The van der Waals surface area contributed by atoms with E-state index in [9.17, 15) is 19.2 Å². The molecule has 0 aliphatic heterocycles. The zero-order valence-corrected chi connectivity index (χ0v) is 13.9. The number of carbonyl (C=O) groups is 4. The predicted octanol–water partition coefficient (Wildman–Crippen LogP) is -0.517. The third-order valence-electron chi connectivity index (χ3n) is 2.85. The van der Waals surface area contributed by atoms with Crippen LogP contribution in [0.5, 0.6) is 0 Å². The Kier molecular flexibility index (Phi) is 14.4. The summed E-state index contributed by atoms with van der Waals surface area (Å²) in [7, 11) is 2.60. The topological polar surface area (TPSA) is 179 Å². The standard InChI is InChI=1S/C8H15NO4.C6H11NO4/c1-12-7(10)5-3-4-6(9)8(11)13-2;7-4(6(10)11)2-1-3-5(8)9/h6H,3-5,9H2,1-2H3;4H,1-3,7H2,(H,8,9)(H,10,11)/t6-;4-/m00/s1. The Labute approximate surface area is 140 Å². The zero-order chi connectivity index (χ0) is 19.1. The SMILES string of the molecule is COC(=O)CCC[C@H](N)C(=O)OC.N[C@@H](CCCC(=O)O)C(=O)O. The maximum Gasteiger partial charge on any atom is 0.322 e. The Balaban J connectivity index is 0. The molecule has 0 aromatic carbocycles. The van der Waals surface area contributed by atoms with Gasteiger partial charge in [-0.2, -0.15) is 0 Å². The van der Waals surface area contributed by atoms with Crippen LogP contribution in [0.25, 0.3) is 0 Å². The number of nitrogens with two attached hydrogens (primary N) is 2. The lowest BCUT2D eigenvalue weighted by molar-refractivity contribution is -0.143. The van der Waals surface area contributed by atoms with E-state index in [-0.39, 0.29) is 25.2 Å². The Bertz CT molecular complexity index is 414. The van der Waals surface area contributed by atoms with Gasteiger partial charge in [0.1, 0.15) is 12.1 Å². The number of ether oxygens (including phenoxy) is 2. The monoisotopic (exact) mass is 350 g/mol. The molecule has 0 rings (SSSR count). The number of hydrogen-bond donors (Lipinski definition) is 4. The molecule has 0 saturated carbocycles. The van der Waals surface area contributed by atoms with Gasteiger partial charge in [-0.1, -0.05) is 0 Å². The van der Waals surface area contributed by atoms with Crippen molar-refractivity contribution in [2.45, 2.75) is 50.6 Å². The average Bonchev–Trinajstić information content (AvgIpc) is 2.53. The molecular formula is C14H26N2O8. The molecule has 0 aliphatic rings. The molecule has 0 aromatic rings. The number of carboxylic acids is 2. The first kappa shape index (κ1) is 24.1. The van der Waals surface area contributed by atoms with Crippen LogP contribution in [-0.2, 0) is 28.7 Å². The molecule has 0 aromatic heterocycles. The van der Waals surface area contributed by atoms with Gasteiger partial charge in [-0.25, -0.2) is 0 Å². The molecule has 0 amide bonds. The van der Waals surface area contributed by atoms with E-state index in [1.807, 2.05) is 0 Å². The van der Waals surface area contributed by atoms with Gasteiger partial charge >= 0.3 is 23.9 Å². The average molecular weight is 350 g/mol. The van der Waals surface area contributed by atoms with Gasteiger partial charge in [0.25, 0.3) is 0 Å². The van der Waals surface area contributed by atoms with E-state index in [0.717, 1.165) is 0 Å². The highest BCUT2D eigenvalue weighted by Gasteiger charge is 2.13. The largest absolute Gasteiger partial charge is 0.481 e. The van der Waals surface area contributed by atoms with Crippen molar-refractivity contribution in [3.8, 4) is 0 Å². The van der Waals surface area contributed by atoms with Gasteiger partial charge in [0.2, 0.25) is 0 Å². The third-order valence-corrected chi connectivity index (χ3v) is 2.85. The highest BCUT2D eigenvalue weighted by molar-refractivity contribution is 5.75. The second kappa shape index (κ2) is 14.4. The van der Waals surface area contributed by atoms with E-state index in [1.165, 1.54) is 14.2 Å². The van der Waals surface area contributed by atoms with Gasteiger partial charge in [0.15, 0.2) is 0 Å². The quantitative estimate of drug-likeness (QED) is 0.374. The van der Waals surface area contributed by atoms with Crippen LogP contribution in [0.15, 0.2) is 0 Å². The zero-order valence-electron chi connectivity index (χ0n) is 13.9. The Morgan fingerprint density at radius 2 is 1.38 bits per heavy atom. The normalized spacial score (nSPS) is 12.2. The van der Waals surface area contributed by atoms with Crippen molar-refractivity contribution in [3.05, 3.63) is 0 Å². The Morgan fingerprint density at radius 3 is 1.79 bits per heavy atom. The number of aliphatic carboxylic acids is 2. The molecule has 0 fully saturated rings. The molecule has 10 nitrogen and oxygen atoms in total. The lowest BCUT2D eigenvalue weighted by Crippen LogP contribution is -2.31. The minimum absolute atomic E-state index is 0.0268. The lowest BCUT2D eigenvalue weighted by Gasteiger charge is -2.07. The van der Waals surface area contributed by atoms with Crippen molar-refractivity contribution in [1.82, 2.24) is 0 Å². The summed E-state index contributed by atoms with van der Waals surface area (Å²) in [6.45, 7) is 0. The molecule has 0 radical (unpaired) electrons. The smallest absolute Gasteiger partial charge is 0.322 e. The summed E-state index contributed by atoms with van der Waals surface area (Å²) in [6, 6.07) is -1.58. The van der Waals surface area contributed by atoms with Crippen molar-refractivity contribution >= 4 is 23.9 Å². The maximum atomic E-state index is 10.8. The van der Waals surface area contributed by atoms with Crippen molar-refractivity contribution in [3.63, 3.8) is 0 Å². The molecule has 0 saturated heterocycles. The predicted molar refractivity (Wildman–Crippen MR) is 83.0 cm³/mol. The van der Waals surface area contributed by atoms with E-state index in [4.69, 9.17) is 21.7 Å². The molecule has 0 heterocycles. The number of carboxylic acid groups (broad SMARTS) is 2. The van der Waals surface area contributed by atoms with Crippen LogP contribution < -0.4 is 11.5 Å². The number of hydrogen-bond acceptors (Lipinski definition) is 8. The number of carbonyl (C=O) groups excluding carboxylic acids is 2. The molecule has 10 heteroatoms. The molecule has 0 bridgehead atoms. The maximum absolute atomic E-state index is 10.8. The van der Waals surface area contributed by atoms with Crippen molar-refractivity contribution < 1.29 is 38.9 Å². The fourth-order valence-corrected chi connectivity index (χ4v) is 1.43. The molecule has 6 N–H and O–H groups in total. The summed E-state index contributed by atoms with van der Waals surface area (Å²) in [5, 5.41) is 16.5. The van der Waals surface area contributed by atoms with Gasteiger partial charge in [-0.3, -0.25) is 19.2 Å². The summed E-state index contributed by atoms with van der Waals surface area (Å²) in [5.74, 6) is -2.76. The number of esters is 2. The van der Waals surface area contributed by atoms with Crippen LogP contribution in [0.1, 0.15) is 38.5 Å². The second-order valence-corrected chi connectivity index (χ2v) is 4.83. The minimum atomic E-state index is -1.09. The molecular weight excluding hydrogens is 324 g/mol. The molecule has 0 unspecified atom stereocenters. The third kappa shape index (κ3) is 14.7. The molecule has 2 atom stereocenters. The van der Waals surface area contributed by atoms with E-state index in [1.54, 1.807) is 0 Å². The Morgan fingerprint density at radius 1 is 0.875 bits per heavy atom. The number of methoxy groups -OCH3 is 2. The summed E-state index contributed by atoms with van der Waals surface area (Å²) < 4.78 is 8.84. The highest BCUT2D eigenvalue weighted by Crippen LogP contribution is 2.01. The van der Waals surface area contributed by atoms with E-state index in [0.29, 0.717) is 19.3 Å². The molecule has 0 aliphatic carbocycles. The van der Waals surface area contributed by atoms with E-state index >= 15 is 0 Å². The van der Waals surface area contributed by atoms with Crippen LogP contribution in [0.4, 0.5) is 0 Å². The number of rotatable bonds is 10. The Hall–Kier alpha value is -2.20. The summed E-state index contributed by atoms with van der Waals surface area (Å²) >= 11 is 0. The van der Waals surface area contributed by atoms with Gasteiger partial charge in [0.05, 0.1) is 14.2 Å². The van der Waals surface area contributed by atoms with Gasteiger partial charge in [-0.05, 0) is 25.7 Å². The fourth-order valence-electron chi connectivity index (χ4n) is 1.43. The highest BCUT2D eigenvalue weighted by atomic mass is 16.5. The van der Waals surface area contributed by atoms with Crippen molar-refractivity contribution in [2.75, 3.05) is 14.2 Å². The van der Waals surface area contributed by atoms with Gasteiger partial charge in [-0.15, -0.1) is 0 Å². The van der Waals surface area contributed by atoms with Crippen LogP contribution >= 0.6 is 0 Å². The first-order valence-corrected chi connectivity index (χ1v) is 7.26. The molecule has 0 spiro atoms. The van der Waals surface area contributed by atoms with Crippen LogP contribution in [0.2, 0.25) is 0 Å². The van der Waals surface area contributed by atoms with Crippen LogP contribution in [0.3, 0.4) is 0 Å². The summed E-state index contributed by atoms with van der Waals surface area (Å²) in [5.41, 5.74) is 10.5. The van der Waals surface area contributed by atoms with Crippen molar-refractivity contribution in [2.24, 2.45) is 11.5 Å². The minimum Gasteiger partial charge on any atom is -0.481 e. The molecule has 140 valence electrons. The first-order valence-electron chi connectivity index (χ1n) is 7.26.